The van der Waals surface area contributed by atoms with E-state index in [4.69, 9.17) is 9.47 Å². The second-order valence-electron chi connectivity index (χ2n) is 5.48. The zero-order chi connectivity index (χ0) is 16.2. The van der Waals surface area contributed by atoms with E-state index in [1.807, 2.05) is 29.3 Å². The lowest BCUT2D eigenvalue weighted by molar-refractivity contribution is 0.0728. The molecule has 1 fully saturated rings. The average molecular weight is 312 g/mol. The Labute approximate surface area is 135 Å². The Kier molecular flexibility index (Phi) is 4.46. The van der Waals surface area contributed by atoms with Crippen LogP contribution in [-0.4, -0.2) is 36.6 Å². The molecule has 0 spiro atoms. The molecule has 23 heavy (non-hydrogen) atoms. The standard InChI is InChI=1S/C18H20N2O3/c1-22-15-8-3-9-16(23-2)17(15)18(21)20-11-5-7-14(20)13-6-4-10-19-12-13/h3-4,6,8-10,12,14H,5,7,11H2,1-2H3. The van der Waals surface area contributed by atoms with E-state index in [9.17, 15) is 4.79 Å². The molecule has 2 heterocycles. The van der Waals surface area contributed by atoms with E-state index in [-0.39, 0.29) is 11.9 Å². The molecule has 1 unspecified atom stereocenters. The summed E-state index contributed by atoms with van der Waals surface area (Å²) in [5.41, 5.74) is 1.54. The fourth-order valence-corrected chi connectivity index (χ4v) is 3.14. The van der Waals surface area contributed by atoms with Crippen molar-refractivity contribution < 1.29 is 14.3 Å². The third-order valence-corrected chi connectivity index (χ3v) is 4.22. The minimum Gasteiger partial charge on any atom is -0.496 e. The van der Waals surface area contributed by atoms with Gasteiger partial charge >= 0.3 is 0 Å². The van der Waals surface area contributed by atoms with Crippen LogP contribution in [0.1, 0.15) is 34.8 Å². The highest BCUT2D eigenvalue weighted by Crippen LogP contribution is 2.36. The Morgan fingerprint density at radius 2 is 1.91 bits per heavy atom. The SMILES string of the molecule is COc1cccc(OC)c1C(=O)N1CCCC1c1cccnc1. The largest absolute Gasteiger partial charge is 0.496 e. The molecule has 0 saturated carbocycles. The van der Waals surface area contributed by atoms with Crippen LogP contribution >= 0.6 is 0 Å². The highest BCUT2D eigenvalue weighted by molar-refractivity contribution is 6.00. The van der Waals surface area contributed by atoms with Crippen molar-refractivity contribution >= 4 is 5.91 Å². The number of hydrogen-bond acceptors (Lipinski definition) is 4. The first-order chi connectivity index (χ1) is 11.3. The highest BCUT2D eigenvalue weighted by Gasteiger charge is 2.33. The van der Waals surface area contributed by atoms with Gasteiger partial charge in [-0.2, -0.15) is 0 Å². The molecule has 0 N–H and O–H groups in total. The number of hydrogen-bond donors (Lipinski definition) is 0. The Hall–Kier alpha value is -2.56. The van der Waals surface area contributed by atoms with Gasteiger partial charge in [0.15, 0.2) is 0 Å². The summed E-state index contributed by atoms with van der Waals surface area (Å²) in [7, 11) is 3.13. The maximum absolute atomic E-state index is 13.1. The first kappa shape index (κ1) is 15.3. The van der Waals surface area contributed by atoms with Crippen molar-refractivity contribution in [3.8, 4) is 11.5 Å². The second-order valence-corrected chi connectivity index (χ2v) is 5.48. The van der Waals surface area contributed by atoms with Crippen LogP contribution in [0.25, 0.3) is 0 Å². The number of ether oxygens (including phenoxy) is 2. The molecule has 1 aliphatic heterocycles. The van der Waals surface area contributed by atoms with Crippen molar-refractivity contribution in [2.24, 2.45) is 0 Å². The van der Waals surface area contributed by atoms with E-state index >= 15 is 0 Å². The quantitative estimate of drug-likeness (QED) is 0.870. The molecule has 0 aliphatic carbocycles. The molecule has 5 heteroatoms. The molecular formula is C18H20N2O3. The molecular weight excluding hydrogens is 292 g/mol. The molecule has 1 atom stereocenters. The zero-order valence-electron chi connectivity index (χ0n) is 13.4. The highest BCUT2D eigenvalue weighted by atomic mass is 16.5. The van der Waals surface area contributed by atoms with Crippen molar-refractivity contribution in [1.29, 1.82) is 0 Å². The smallest absolute Gasteiger partial charge is 0.261 e. The third-order valence-electron chi connectivity index (χ3n) is 4.22. The summed E-state index contributed by atoms with van der Waals surface area (Å²) in [6, 6.07) is 9.35. The number of amides is 1. The molecule has 0 bridgehead atoms. The Bertz CT molecular complexity index is 666. The number of likely N-dealkylation sites (tertiary alicyclic amines) is 1. The molecule has 2 aromatic rings. The second kappa shape index (κ2) is 6.69. The van der Waals surface area contributed by atoms with E-state index in [0.29, 0.717) is 17.1 Å². The first-order valence-corrected chi connectivity index (χ1v) is 7.68. The van der Waals surface area contributed by atoms with E-state index in [1.165, 1.54) is 0 Å². The molecule has 1 aliphatic rings. The monoisotopic (exact) mass is 312 g/mol. The predicted octanol–water partition coefficient (Wildman–Crippen LogP) is 3.08. The lowest BCUT2D eigenvalue weighted by atomic mass is 10.1. The summed E-state index contributed by atoms with van der Waals surface area (Å²) < 4.78 is 10.7. The topological polar surface area (TPSA) is 51.7 Å². The predicted molar refractivity (Wildman–Crippen MR) is 86.8 cm³/mol. The third kappa shape index (κ3) is 2.86. The van der Waals surface area contributed by atoms with Gasteiger partial charge in [0.25, 0.3) is 5.91 Å². The van der Waals surface area contributed by atoms with Crippen LogP contribution in [0, 0.1) is 0 Å². The number of methoxy groups -OCH3 is 2. The van der Waals surface area contributed by atoms with Gasteiger partial charge in [-0.25, -0.2) is 0 Å². The normalized spacial score (nSPS) is 17.1. The summed E-state index contributed by atoms with van der Waals surface area (Å²) >= 11 is 0. The van der Waals surface area contributed by atoms with Gasteiger partial charge in [0.2, 0.25) is 0 Å². The average Bonchev–Trinajstić information content (AvgIpc) is 3.10. The Morgan fingerprint density at radius 3 is 2.52 bits per heavy atom. The fraction of sp³-hybridized carbons (Fsp3) is 0.333. The summed E-state index contributed by atoms with van der Waals surface area (Å²) in [6.45, 7) is 0.722. The van der Waals surface area contributed by atoms with Gasteiger partial charge in [0.1, 0.15) is 17.1 Å². The van der Waals surface area contributed by atoms with E-state index in [0.717, 1.165) is 24.9 Å². The van der Waals surface area contributed by atoms with Crippen LogP contribution in [0.15, 0.2) is 42.7 Å². The van der Waals surface area contributed by atoms with Crippen molar-refractivity contribution in [2.45, 2.75) is 18.9 Å². The first-order valence-electron chi connectivity index (χ1n) is 7.68. The molecule has 3 rings (SSSR count). The summed E-state index contributed by atoms with van der Waals surface area (Å²) in [5.74, 6) is 1.00. The van der Waals surface area contributed by atoms with Gasteiger partial charge in [-0.05, 0) is 36.6 Å². The van der Waals surface area contributed by atoms with Gasteiger partial charge in [-0.3, -0.25) is 9.78 Å². The van der Waals surface area contributed by atoms with Crippen LogP contribution in [0.4, 0.5) is 0 Å². The number of pyridine rings is 1. The Morgan fingerprint density at radius 1 is 1.17 bits per heavy atom. The minimum absolute atomic E-state index is 0.0471. The number of benzene rings is 1. The maximum Gasteiger partial charge on any atom is 0.261 e. The molecule has 5 nitrogen and oxygen atoms in total. The number of carbonyl (C=O) groups is 1. The fourth-order valence-electron chi connectivity index (χ4n) is 3.14. The molecule has 0 radical (unpaired) electrons. The summed E-state index contributed by atoms with van der Waals surface area (Å²) in [4.78, 5) is 19.2. The molecule has 1 aromatic carbocycles. The number of nitrogens with zero attached hydrogens (tertiary/aromatic N) is 2. The van der Waals surface area contributed by atoms with Gasteiger partial charge in [-0.15, -0.1) is 0 Å². The summed E-state index contributed by atoms with van der Waals surface area (Å²) in [6.07, 6.45) is 5.49. The van der Waals surface area contributed by atoms with Crippen molar-refractivity contribution in [2.75, 3.05) is 20.8 Å². The minimum atomic E-state index is -0.0642. The molecule has 1 saturated heterocycles. The molecule has 120 valence electrons. The number of aromatic nitrogens is 1. The van der Waals surface area contributed by atoms with E-state index in [1.54, 1.807) is 32.5 Å². The van der Waals surface area contributed by atoms with E-state index < -0.39 is 0 Å². The van der Waals surface area contributed by atoms with Crippen LogP contribution in [0.2, 0.25) is 0 Å². The Balaban J connectivity index is 1.97. The van der Waals surface area contributed by atoms with Crippen LogP contribution in [0.5, 0.6) is 11.5 Å². The van der Waals surface area contributed by atoms with Crippen molar-refractivity contribution in [1.82, 2.24) is 9.88 Å². The van der Waals surface area contributed by atoms with Crippen molar-refractivity contribution in [3.05, 3.63) is 53.9 Å². The number of carbonyl (C=O) groups excluding carboxylic acids is 1. The van der Waals surface area contributed by atoms with Gasteiger partial charge in [0.05, 0.1) is 20.3 Å². The number of rotatable bonds is 4. The lowest BCUT2D eigenvalue weighted by Crippen LogP contribution is -2.31. The van der Waals surface area contributed by atoms with Crippen molar-refractivity contribution in [3.63, 3.8) is 0 Å². The van der Waals surface area contributed by atoms with Gasteiger partial charge in [-0.1, -0.05) is 12.1 Å². The molecule has 1 amide bonds. The zero-order valence-corrected chi connectivity index (χ0v) is 13.4. The van der Waals surface area contributed by atoms with E-state index in [2.05, 4.69) is 4.98 Å². The molecule has 1 aromatic heterocycles. The van der Waals surface area contributed by atoms with Crippen LogP contribution in [-0.2, 0) is 0 Å². The van der Waals surface area contributed by atoms with Gasteiger partial charge in [0, 0.05) is 18.9 Å². The lowest BCUT2D eigenvalue weighted by Gasteiger charge is -2.26. The van der Waals surface area contributed by atoms with Gasteiger partial charge < -0.3 is 14.4 Å². The summed E-state index contributed by atoms with van der Waals surface area (Å²) in [5, 5.41) is 0. The van der Waals surface area contributed by atoms with Crippen LogP contribution < -0.4 is 9.47 Å². The van der Waals surface area contributed by atoms with Crippen LogP contribution in [0.3, 0.4) is 0 Å². The maximum atomic E-state index is 13.1.